The molecule has 0 aliphatic heterocycles. The Morgan fingerprint density at radius 1 is 1.26 bits per heavy atom. The third-order valence-electron chi connectivity index (χ3n) is 2.38. The van der Waals surface area contributed by atoms with E-state index in [0.29, 0.717) is 5.56 Å². The predicted octanol–water partition coefficient (Wildman–Crippen LogP) is 0.207. The summed E-state index contributed by atoms with van der Waals surface area (Å²) in [5.41, 5.74) is 5.54. The number of nitrogens with two attached hydrogens (primary N) is 1. The number of amides is 1. The number of aromatic nitrogens is 2. The zero-order valence-electron chi connectivity index (χ0n) is 9.61. The molecule has 0 spiro atoms. The molecular weight excluding hydrogens is 252 g/mol. The molecule has 0 unspecified atom stereocenters. The Morgan fingerprint density at radius 2 is 1.95 bits per heavy atom. The average molecular weight is 262 g/mol. The molecule has 8 heteroatoms. The Morgan fingerprint density at radius 3 is 2.47 bits per heavy atom. The first-order chi connectivity index (χ1) is 9.09. The Kier molecular flexibility index (Phi) is 3.42. The number of aliphatic carboxylic acids is 1. The van der Waals surface area contributed by atoms with E-state index in [2.05, 4.69) is 20.3 Å². The van der Waals surface area contributed by atoms with Gasteiger partial charge in [-0.05, 0) is 15.9 Å². The molecule has 4 N–H and O–H groups in total. The highest BCUT2D eigenvalue weighted by Crippen LogP contribution is 2.14. The summed E-state index contributed by atoms with van der Waals surface area (Å²) < 4.78 is 4.28. The summed E-state index contributed by atoms with van der Waals surface area (Å²) in [6, 6.07) is 7.05. The molecule has 19 heavy (non-hydrogen) atoms. The van der Waals surface area contributed by atoms with Crippen molar-refractivity contribution in [3.05, 3.63) is 41.6 Å². The molecular formula is C11H10N4O4. The van der Waals surface area contributed by atoms with Crippen LogP contribution in [0.3, 0.4) is 0 Å². The van der Waals surface area contributed by atoms with Gasteiger partial charge in [0.1, 0.15) is 0 Å². The summed E-state index contributed by atoms with van der Waals surface area (Å²) in [7, 11) is 0. The van der Waals surface area contributed by atoms with Gasteiger partial charge in [-0.25, -0.2) is 9.42 Å². The lowest BCUT2D eigenvalue weighted by Gasteiger charge is -2.13. The van der Waals surface area contributed by atoms with Crippen molar-refractivity contribution >= 4 is 17.7 Å². The van der Waals surface area contributed by atoms with Crippen molar-refractivity contribution in [2.45, 2.75) is 6.04 Å². The van der Waals surface area contributed by atoms with E-state index in [-0.39, 0.29) is 11.5 Å². The number of carbonyl (C=O) groups excluding carboxylic acids is 1. The smallest absolute Gasteiger partial charge is 0.330 e. The lowest BCUT2D eigenvalue weighted by atomic mass is 10.1. The maximum Gasteiger partial charge on any atom is 0.330 e. The van der Waals surface area contributed by atoms with E-state index >= 15 is 0 Å². The van der Waals surface area contributed by atoms with Crippen LogP contribution in [0.15, 0.2) is 35.0 Å². The van der Waals surface area contributed by atoms with E-state index in [0.717, 1.165) is 0 Å². The number of nitrogen functional groups attached to an aromatic ring is 1. The molecule has 2 rings (SSSR count). The molecule has 1 atom stereocenters. The first-order valence-electron chi connectivity index (χ1n) is 5.26. The number of carbonyl (C=O) groups is 2. The Bertz CT molecular complexity index is 596. The van der Waals surface area contributed by atoms with Crippen LogP contribution in [-0.4, -0.2) is 27.3 Å². The van der Waals surface area contributed by atoms with Crippen molar-refractivity contribution in [1.82, 2.24) is 15.6 Å². The number of hydrogen-bond acceptors (Lipinski definition) is 6. The first kappa shape index (κ1) is 12.6. The molecule has 0 radical (unpaired) electrons. The summed E-state index contributed by atoms with van der Waals surface area (Å²) in [5, 5.41) is 18.0. The molecule has 0 saturated heterocycles. The van der Waals surface area contributed by atoms with Crippen LogP contribution >= 0.6 is 0 Å². The van der Waals surface area contributed by atoms with E-state index in [9.17, 15) is 9.59 Å². The van der Waals surface area contributed by atoms with Crippen molar-refractivity contribution in [2.24, 2.45) is 0 Å². The number of anilines is 1. The summed E-state index contributed by atoms with van der Waals surface area (Å²) in [5.74, 6) is -2.17. The van der Waals surface area contributed by atoms with Gasteiger partial charge in [0.15, 0.2) is 6.04 Å². The zero-order chi connectivity index (χ0) is 13.8. The van der Waals surface area contributed by atoms with Crippen molar-refractivity contribution in [3.63, 3.8) is 0 Å². The van der Waals surface area contributed by atoms with E-state index in [1.807, 2.05) is 0 Å². The first-order valence-corrected chi connectivity index (χ1v) is 5.26. The van der Waals surface area contributed by atoms with Gasteiger partial charge in [0, 0.05) is 0 Å². The number of hydrogen-bond donors (Lipinski definition) is 3. The van der Waals surface area contributed by atoms with Gasteiger partial charge in [0.25, 0.3) is 5.91 Å². The molecule has 1 aromatic heterocycles. The van der Waals surface area contributed by atoms with Gasteiger partial charge in [0.2, 0.25) is 11.5 Å². The largest absolute Gasteiger partial charge is 0.479 e. The number of carboxylic acids is 1. The van der Waals surface area contributed by atoms with Crippen molar-refractivity contribution < 1.29 is 19.3 Å². The van der Waals surface area contributed by atoms with Gasteiger partial charge in [-0.2, -0.15) is 0 Å². The third-order valence-corrected chi connectivity index (χ3v) is 2.38. The van der Waals surface area contributed by atoms with Gasteiger partial charge in [0.05, 0.1) is 0 Å². The molecule has 8 nitrogen and oxygen atoms in total. The van der Waals surface area contributed by atoms with E-state index in [4.69, 9.17) is 10.8 Å². The minimum absolute atomic E-state index is 0.199. The SMILES string of the molecule is Nc1nonc1C(=O)N[C@H](C(=O)O)c1ccccc1. The normalized spacial score (nSPS) is 11.8. The highest BCUT2D eigenvalue weighted by molar-refractivity contribution is 5.98. The minimum atomic E-state index is -1.20. The van der Waals surface area contributed by atoms with Crippen LogP contribution in [0.5, 0.6) is 0 Å². The molecule has 98 valence electrons. The second kappa shape index (κ2) is 5.17. The van der Waals surface area contributed by atoms with Gasteiger partial charge < -0.3 is 16.2 Å². The number of rotatable bonds is 4. The van der Waals surface area contributed by atoms with Crippen LogP contribution in [0.25, 0.3) is 0 Å². The van der Waals surface area contributed by atoms with E-state index in [1.54, 1.807) is 30.3 Å². The maximum atomic E-state index is 11.8. The summed E-state index contributed by atoms with van der Waals surface area (Å²) >= 11 is 0. The lowest BCUT2D eigenvalue weighted by Crippen LogP contribution is -2.34. The number of nitrogens with zero attached hydrogens (tertiary/aromatic N) is 2. The molecule has 2 aromatic rings. The number of carboxylic acid groups (broad SMARTS) is 1. The van der Waals surface area contributed by atoms with Crippen LogP contribution in [-0.2, 0) is 4.79 Å². The Hall–Kier alpha value is -2.90. The van der Waals surface area contributed by atoms with Crippen molar-refractivity contribution in [2.75, 3.05) is 5.73 Å². The highest BCUT2D eigenvalue weighted by Gasteiger charge is 2.25. The van der Waals surface area contributed by atoms with Crippen LogP contribution in [0, 0.1) is 0 Å². The lowest BCUT2D eigenvalue weighted by molar-refractivity contribution is -0.139. The minimum Gasteiger partial charge on any atom is -0.479 e. The molecule has 1 heterocycles. The predicted molar refractivity (Wildman–Crippen MR) is 63.0 cm³/mol. The quantitative estimate of drug-likeness (QED) is 0.717. The van der Waals surface area contributed by atoms with Gasteiger partial charge >= 0.3 is 5.97 Å². The van der Waals surface area contributed by atoms with E-state index < -0.39 is 17.9 Å². The summed E-state index contributed by atoms with van der Waals surface area (Å²) in [6.07, 6.45) is 0. The molecule has 0 aliphatic carbocycles. The fraction of sp³-hybridized carbons (Fsp3) is 0.0909. The highest BCUT2D eigenvalue weighted by atomic mass is 16.6. The average Bonchev–Trinajstić information content (AvgIpc) is 2.82. The van der Waals surface area contributed by atoms with Gasteiger partial charge in [-0.1, -0.05) is 30.3 Å². The molecule has 0 saturated carbocycles. The summed E-state index contributed by atoms with van der Waals surface area (Å²) in [4.78, 5) is 23.0. The van der Waals surface area contributed by atoms with Crippen LogP contribution in [0.4, 0.5) is 5.82 Å². The fourth-order valence-electron chi connectivity index (χ4n) is 1.49. The monoisotopic (exact) mass is 262 g/mol. The van der Waals surface area contributed by atoms with Gasteiger partial charge in [-0.15, -0.1) is 0 Å². The Balaban J connectivity index is 2.21. The Labute approximate surface area is 107 Å². The fourth-order valence-corrected chi connectivity index (χ4v) is 1.49. The van der Waals surface area contributed by atoms with Crippen molar-refractivity contribution in [3.8, 4) is 0 Å². The second-order valence-electron chi connectivity index (χ2n) is 3.65. The van der Waals surface area contributed by atoms with E-state index in [1.165, 1.54) is 0 Å². The topological polar surface area (TPSA) is 131 Å². The number of nitrogens with one attached hydrogen (secondary N) is 1. The molecule has 0 aliphatic rings. The van der Waals surface area contributed by atoms with Crippen LogP contribution < -0.4 is 11.1 Å². The third kappa shape index (κ3) is 2.68. The maximum absolute atomic E-state index is 11.8. The molecule has 0 fully saturated rings. The van der Waals surface area contributed by atoms with Gasteiger partial charge in [-0.3, -0.25) is 4.79 Å². The second-order valence-corrected chi connectivity index (χ2v) is 3.65. The molecule has 1 aromatic carbocycles. The zero-order valence-corrected chi connectivity index (χ0v) is 9.61. The summed E-state index contributed by atoms with van der Waals surface area (Å²) in [6.45, 7) is 0. The van der Waals surface area contributed by atoms with Crippen LogP contribution in [0.2, 0.25) is 0 Å². The molecule has 0 bridgehead atoms. The molecule has 1 amide bonds. The van der Waals surface area contributed by atoms with Crippen LogP contribution in [0.1, 0.15) is 22.1 Å². The number of benzene rings is 1. The standard InChI is InChI=1S/C11H10N4O4/c12-9-8(14-19-15-9)10(16)13-7(11(17)18)6-4-2-1-3-5-6/h1-5,7H,(H2,12,15)(H,13,16)(H,17,18)/t7-/m0/s1. The van der Waals surface area contributed by atoms with Crippen molar-refractivity contribution in [1.29, 1.82) is 0 Å².